The normalized spacial score (nSPS) is 10.8. The van der Waals surface area contributed by atoms with E-state index >= 15 is 0 Å². The second-order valence-electron chi connectivity index (χ2n) is 5.80. The summed E-state index contributed by atoms with van der Waals surface area (Å²) in [5, 5.41) is 17.7. The molecule has 0 saturated heterocycles. The van der Waals surface area contributed by atoms with E-state index in [9.17, 15) is 9.18 Å². The maximum atomic E-state index is 13.8. The second kappa shape index (κ2) is 9.92. The van der Waals surface area contributed by atoms with Gasteiger partial charge in [0.2, 0.25) is 0 Å². The van der Waals surface area contributed by atoms with Crippen LogP contribution >= 0.6 is 0 Å². The lowest BCUT2D eigenvalue weighted by molar-refractivity contribution is 0.0963. The van der Waals surface area contributed by atoms with Crippen LogP contribution in [0.2, 0.25) is 0 Å². The molecule has 140 valence electrons. The molecule has 1 amide bonds. The van der Waals surface area contributed by atoms with E-state index in [0.29, 0.717) is 35.6 Å². The number of carbonyl (C=O) groups excluding carboxylic acids is 1. The Bertz CT molecular complexity index is 873. The molecule has 0 aliphatic heterocycles. The van der Waals surface area contributed by atoms with Gasteiger partial charge >= 0.3 is 0 Å². The number of benzene rings is 2. The van der Waals surface area contributed by atoms with Gasteiger partial charge in [-0.05, 0) is 42.3 Å². The number of rotatable bonds is 6. The van der Waals surface area contributed by atoms with Crippen molar-refractivity contribution in [2.75, 3.05) is 20.6 Å². The number of nitriles is 1. The van der Waals surface area contributed by atoms with Crippen LogP contribution in [0.5, 0.6) is 0 Å². The minimum Gasteiger partial charge on any atom is -0.356 e. The molecule has 0 fully saturated rings. The number of amides is 1. The first-order chi connectivity index (χ1) is 13.1. The van der Waals surface area contributed by atoms with Crippen molar-refractivity contribution in [1.82, 2.24) is 16.0 Å². The number of nitrogens with zero attached hydrogens (tertiary/aromatic N) is 2. The summed E-state index contributed by atoms with van der Waals surface area (Å²) in [5.41, 5.74) is 2.44. The fraction of sp³-hybridized carbons (Fsp3) is 0.250. The molecule has 27 heavy (non-hydrogen) atoms. The van der Waals surface area contributed by atoms with Crippen LogP contribution < -0.4 is 16.0 Å². The Kier molecular flexibility index (Phi) is 7.32. The summed E-state index contributed by atoms with van der Waals surface area (Å²) in [7, 11) is 3.23. The quantitative estimate of drug-likeness (QED) is 0.538. The van der Waals surface area contributed by atoms with E-state index in [2.05, 4.69) is 20.9 Å². The van der Waals surface area contributed by atoms with E-state index in [4.69, 9.17) is 5.26 Å². The first kappa shape index (κ1) is 19.9. The summed E-state index contributed by atoms with van der Waals surface area (Å²) in [6, 6.07) is 13.6. The van der Waals surface area contributed by atoms with Gasteiger partial charge in [0.1, 0.15) is 5.82 Å². The highest BCUT2D eigenvalue weighted by molar-refractivity contribution is 5.94. The standard InChI is InChI=1S/C20H22FN5O/c1-23-19(27)16-5-3-4-14(10-16)8-9-25-20(24-2)26-13-17-11-15(12-22)6-7-18(17)21/h3-7,10-11H,8-9,13H2,1-2H3,(H,23,27)(H2,24,25,26). The third-order valence-electron chi connectivity index (χ3n) is 3.97. The summed E-state index contributed by atoms with van der Waals surface area (Å²) in [5.74, 6) is 0.0334. The molecule has 3 N–H and O–H groups in total. The lowest BCUT2D eigenvalue weighted by Crippen LogP contribution is -2.38. The van der Waals surface area contributed by atoms with Crippen LogP contribution in [-0.2, 0) is 13.0 Å². The summed E-state index contributed by atoms with van der Waals surface area (Å²) < 4.78 is 13.8. The van der Waals surface area contributed by atoms with E-state index in [1.165, 1.54) is 18.2 Å². The largest absolute Gasteiger partial charge is 0.356 e. The fourth-order valence-electron chi connectivity index (χ4n) is 2.52. The molecular formula is C20H22FN5O. The van der Waals surface area contributed by atoms with Crippen LogP contribution in [-0.4, -0.2) is 32.5 Å². The zero-order chi connectivity index (χ0) is 19.6. The zero-order valence-corrected chi connectivity index (χ0v) is 15.3. The topological polar surface area (TPSA) is 89.3 Å². The van der Waals surface area contributed by atoms with Crippen molar-refractivity contribution in [3.63, 3.8) is 0 Å². The van der Waals surface area contributed by atoms with Gasteiger partial charge in [-0.1, -0.05) is 12.1 Å². The highest BCUT2D eigenvalue weighted by Crippen LogP contribution is 2.10. The Morgan fingerprint density at radius 3 is 2.74 bits per heavy atom. The molecule has 2 rings (SSSR count). The molecule has 0 aliphatic carbocycles. The van der Waals surface area contributed by atoms with Gasteiger partial charge in [0, 0.05) is 38.3 Å². The molecule has 0 aliphatic rings. The van der Waals surface area contributed by atoms with Crippen LogP contribution in [0.25, 0.3) is 0 Å². The molecule has 7 heteroatoms. The third-order valence-corrected chi connectivity index (χ3v) is 3.97. The number of hydrogen-bond donors (Lipinski definition) is 3. The number of carbonyl (C=O) groups is 1. The van der Waals surface area contributed by atoms with Crippen molar-refractivity contribution in [3.8, 4) is 6.07 Å². The van der Waals surface area contributed by atoms with Crippen molar-refractivity contribution >= 4 is 11.9 Å². The van der Waals surface area contributed by atoms with Gasteiger partial charge in [-0.3, -0.25) is 9.79 Å². The first-order valence-electron chi connectivity index (χ1n) is 8.51. The SMILES string of the molecule is CN=C(NCCc1cccc(C(=O)NC)c1)NCc1cc(C#N)ccc1F. The van der Waals surface area contributed by atoms with Crippen molar-refractivity contribution in [2.45, 2.75) is 13.0 Å². The zero-order valence-electron chi connectivity index (χ0n) is 15.3. The Labute approximate surface area is 158 Å². The highest BCUT2D eigenvalue weighted by Gasteiger charge is 2.06. The average Bonchev–Trinajstić information content (AvgIpc) is 2.71. The van der Waals surface area contributed by atoms with Gasteiger partial charge in [-0.15, -0.1) is 0 Å². The molecule has 2 aromatic carbocycles. The Balaban J connectivity index is 1.88. The van der Waals surface area contributed by atoms with Gasteiger partial charge < -0.3 is 16.0 Å². The van der Waals surface area contributed by atoms with Gasteiger partial charge in [-0.2, -0.15) is 5.26 Å². The molecule has 0 unspecified atom stereocenters. The molecule has 0 aromatic heterocycles. The van der Waals surface area contributed by atoms with Gasteiger partial charge in [0.05, 0.1) is 11.6 Å². The predicted molar refractivity (Wildman–Crippen MR) is 103 cm³/mol. The van der Waals surface area contributed by atoms with Gasteiger partial charge in [0.15, 0.2) is 5.96 Å². The van der Waals surface area contributed by atoms with Crippen molar-refractivity contribution in [2.24, 2.45) is 4.99 Å². The van der Waals surface area contributed by atoms with Crippen LogP contribution in [0.15, 0.2) is 47.5 Å². The predicted octanol–water partition coefficient (Wildman–Crippen LogP) is 1.96. The summed E-state index contributed by atoms with van der Waals surface area (Å²) in [4.78, 5) is 15.8. The van der Waals surface area contributed by atoms with Gasteiger partial charge in [0.25, 0.3) is 5.91 Å². The molecule has 0 spiro atoms. The third kappa shape index (κ3) is 5.82. The number of halogens is 1. The molecule has 0 bridgehead atoms. The Hall–Kier alpha value is -3.40. The van der Waals surface area contributed by atoms with E-state index < -0.39 is 0 Å². The van der Waals surface area contributed by atoms with Crippen molar-refractivity contribution < 1.29 is 9.18 Å². The van der Waals surface area contributed by atoms with Crippen LogP contribution in [0.1, 0.15) is 27.0 Å². The number of nitrogens with one attached hydrogen (secondary N) is 3. The second-order valence-corrected chi connectivity index (χ2v) is 5.80. The fourth-order valence-corrected chi connectivity index (χ4v) is 2.52. The average molecular weight is 367 g/mol. The highest BCUT2D eigenvalue weighted by atomic mass is 19.1. The summed E-state index contributed by atoms with van der Waals surface area (Å²) >= 11 is 0. The Morgan fingerprint density at radius 2 is 2.04 bits per heavy atom. The minimum absolute atomic E-state index is 0.121. The summed E-state index contributed by atoms with van der Waals surface area (Å²) in [6.45, 7) is 0.810. The van der Waals surface area contributed by atoms with Crippen LogP contribution in [0, 0.1) is 17.1 Å². The number of aliphatic imine (C=N–C) groups is 1. The van der Waals surface area contributed by atoms with Gasteiger partial charge in [-0.25, -0.2) is 4.39 Å². The first-order valence-corrected chi connectivity index (χ1v) is 8.51. The molecule has 2 aromatic rings. The van der Waals surface area contributed by atoms with Crippen molar-refractivity contribution in [1.29, 1.82) is 5.26 Å². The number of guanidine groups is 1. The molecule has 0 radical (unpaired) electrons. The lowest BCUT2D eigenvalue weighted by Gasteiger charge is -2.13. The Morgan fingerprint density at radius 1 is 1.22 bits per heavy atom. The molecule has 0 heterocycles. The maximum absolute atomic E-state index is 13.8. The monoisotopic (exact) mass is 367 g/mol. The molecule has 0 atom stereocenters. The number of hydrogen-bond acceptors (Lipinski definition) is 3. The summed E-state index contributed by atoms with van der Waals surface area (Å²) in [6.07, 6.45) is 0.698. The smallest absolute Gasteiger partial charge is 0.251 e. The van der Waals surface area contributed by atoms with E-state index in [0.717, 1.165) is 5.56 Å². The van der Waals surface area contributed by atoms with E-state index in [-0.39, 0.29) is 18.3 Å². The van der Waals surface area contributed by atoms with Crippen LogP contribution in [0.4, 0.5) is 4.39 Å². The minimum atomic E-state index is -0.372. The maximum Gasteiger partial charge on any atom is 0.251 e. The lowest BCUT2D eigenvalue weighted by atomic mass is 10.1. The van der Waals surface area contributed by atoms with E-state index in [1.807, 2.05) is 24.3 Å². The van der Waals surface area contributed by atoms with Crippen molar-refractivity contribution in [3.05, 3.63) is 70.5 Å². The molecule has 6 nitrogen and oxygen atoms in total. The molecule has 0 saturated carbocycles. The molecular weight excluding hydrogens is 345 g/mol. The van der Waals surface area contributed by atoms with E-state index in [1.54, 1.807) is 20.2 Å². The van der Waals surface area contributed by atoms with Crippen LogP contribution in [0.3, 0.4) is 0 Å².